The van der Waals surface area contributed by atoms with Gasteiger partial charge in [0.2, 0.25) is 0 Å². The van der Waals surface area contributed by atoms with Gasteiger partial charge in [-0.25, -0.2) is 9.67 Å². The van der Waals surface area contributed by atoms with Crippen LogP contribution in [0.2, 0.25) is 0 Å². The van der Waals surface area contributed by atoms with E-state index in [2.05, 4.69) is 52.3 Å². The molecule has 0 unspecified atom stereocenters. The molecule has 0 saturated carbocycles. The average molecular weight is 311 g/mol. The molecule has 0 bridgehead atoms. The van der Waals surface area contributed by atoms with Crippen molar-refractivity contribution in [1.29, 1.82) is 0 Å². The van der Waals surface area contributed by atoms with Crippen molar-refractivity contribution in [3.63, 3.8) is 0 Å². The second-order valence-electron chi connectivity index (χ2n) is 5.94. The molecule has 2 aromatic heterocycles. The Morgan fingerprint density at radius 3 is 2.61 bits per heavy atom. The van der Waals surface area contributed by atoms with E-state index < -0.39 is 0 Å². The number of benzene rings is 1. The van der Waals surface area contributed by atoms with E-state index in [1.54, 1.807) is 17.3 Å². The van der Waals surface area contributed by atoms with Gasteiger partial charge in [-0.05, 0) is 45.0 Å². The summed E-state index contributed by atoms with van der Waals surface area (Å²) in [6, 6.07) is 6.41. The molecule has 0 aliphatic heterocycles. The molecule has 0 radical (unpaired) electrons. The van der Waals surface area contributed by atoms with Gasteiger partial charge in [0.25, 0.3) is 0 Å². The maximum absolute atomic E-state index is 5.23. The lowest BCUT2D eigenvalue weighted by atomic mass is 10.1. The quantitative estimate of drug-likeness (QED) is 0.725. The van der Waals surface area contributed by atoms with Crippen molar-refractivity contribution in [2.75, 3.05) is 7.05 Å². The lowest BCUT2D eigenvalue weighted by Crippen LogP contribution is -2.18. The topological polar surface area (TPSA) is 60.0 Å². The zero-order chi connectivity index (χ0) is 16.4. The lowest BCUT2D eigenvalue weighted by Gasteiger charge is -2.17. The molecular weight excluding hydrogens is 290 g/mol. The fraction of sp³-hybridized carbons (Fsp3) is 0.353. The highest BCUT2D eigenvalue weighted by Gasteiger charge is 2.12. The van der Waals surface area contributed by atoms with Crippen molar-refractivity contribution >= 4 is 0 Å². The third kappa shape index (κ3) is 3.32. The molecule has 0 aliphatic carbocycles. The van der Waals surface area contributed by atoms with E-state index in [0.29, 0.717) is 0 Å². The summed E-state index contributed by atoms with van der Waals surface area (Å²) in [5, 5.41) is 8.20. The summed E-state index contributed by atoms with van der Waals surface area (Å²) in [6.07, 6.45) is 3.26. The van der Waals surface area contributed by atoms with Crippen LogP contribution < -0.4 is 0 Å². The molecule has 0 atom stereocenters. The van der Waals surface area contributed by atoms with Gasteiger partial charge in [-0.3, -0.25) is 4.90 Å². The fourth-order valence-corrected chi connectivity index (χ4v) is 2.77. The summed E-state index contributed by atoms with van der Waals surface area (Å²) < 4.78 is 7.01. The maximum Gasteiger partial charge on any atom is 0.138 e. The van der Waals surface area contributed by atoms with Crippen LogP contribution in [0.5, 0.6) is 0 Å². The Hall–Kier alpha value is -2.47. The Morgan fingerprint density at radius 2 is 2.00 bits per heavy atom. The second-order valence-corrected chi connectivity index (χ2v) is 5.94. The second kappa shape index (κ2) is 6.34. The highest BCUT2D eigenvalue weighted by atomic mass is 16.5. The van der Waals surface area contributed by atoms with Gasteiger partial charge in [0.1, 0.15) is 18.4 Å². The van der Waals surface area contributed by atoms with Crippen molar-refractivity contribution < 1.29 is 4.52 Å². The largest absolute Gasteiger partial charge is 0.361 e. The van der Waals surface area contributed by atoms with Crippen LogP contribution in [-0.2, 0) is 13.1 Å². The first-order valence-electron chi connectivity index (χ1n) is 7.59. The number of hydrogen-bond donors (Lipinski definition) is 0. The molecule has 0 aliphatic rings. The van der Waals surface area contributed by atoms with E-state index in [-0.39, 0.29) is 0 Å². The number of aryl methyl sites for hydroxylation is 3. The first-order valence-corrected chi connectivity index (χ1v) is 7.59. The molecule has 0 saturated heterocycles. The fourth-order valence-electron chi connectivity index (χ4n) is 2.77. The minimum absolute atomic E-state index is 0.824. The van der Waals surface area contributed by atoms with E-state index in [0.717, 1.165) is 30.2 Å². The Labute approximate surface area is 135 Å². The van der Waals surface area contributed by atoms with Crippen molar-refractivity contribution in [1.82, 2.24) is 24.8 Å². The molecule has 1 aromatic carbocycles. The first kappa shape index (κ1) is 15.4. The highest BCUT2D eigenvalue weighted by Crippen LogP contribution is 2.18. The Morgan fingerprint density at radius 1 is 1.17 bits per heavy atom. The summed E-state index contributed by atoms with van der Waals surface area (Å²) in [5.74, 6) is 0.895. The Balaban J connectivity index is 1.72. The van der Waals surface area contributed by atoms with E-state index in [9.17, 15) is 0 Å². The minimum Gasteiger partial charge on any atom is -0.361 e. The Kier molecular flexibility index (Phi) is 4.25. The molecule has 6 nitrogen and oxygen atoms in total. The molecular formula is C17H21N5O. The van der Waals surface area contributed by atoms with Crippen LogP contribution in [0, 0.1) is 20.8 Å². The van der Waals surface area contributed by atoms with E-state index in [4.69, 9.17) is 4.52 Å². The summed E-state index contributed by atoms with van der Waals surface area (Å²) >= 11 is 0. The zero-order valence-corrected chi connectivity index (χ0v) is 13.9. The molecule has 120 valence electrons. The summed E-state index contributed by atoms with van der Waals surface area (Å²) in [5.41, 5.74) is 5.63. The molecule has 0 spiro atoms. The lowest BCUT2D eigenvalue weighted by molar-refractivity contribution is 0.315. The van der Waals surface area contributed by atoms with Crippen LogP contribution >= 0.6 is 0 Å². The van der Waals surface area contributed by atoms with Gasteiger partial charge in [-0.1, -0.05) is 17.3 Å². The van der Waals surface area contributed by atoms with Gasteiger partial charge in [-0.15, -0.1) is 0 Å². The smallest absolute Gasteiger partial charge is 0.138 e. The standard InChI is InChI=1S/C17H21N5O/c1-12-7-15(5-6-17(12)22-11-18-10-19-22)8-21(4)9-16-13(2)20-23-14(16)3/h5-7,10-11H,8-9H2,1-4H3. The molecule has 3 rings (SSSR count). The molecule has 6 heteroatoms. The van der Waals surface area contributed by atoms with E-state index >= 15 is 0 Å². The molecule has 2 heterocycles. The Bertz CT molecular complexity index is 772. The monoisotopic (exact) mass is 311 g/mol. The van der Waals surface area contributed by atoms with Gasteiger partial charge in [0, 0.05) is 18.7 Å². The van der Waals surface area contributed by atoms with Gasteiger partial charge >= 0.3 is 0 Å². The number of hydrogen-bond acceptors (Lipinski definition) is 5. The summed E-state index contributed by atoms with van der Waals surface area (Å²) in [7, 11) is 2.10. The SMILES string of the molecule is Cc1cc(CN(C)Cc2c(C)noc2C)ccc1-n1cncn1. The van der Waals surface area contributed by atoms with Crippen molar-refractivity contribution in [3.8, 4) is 5.69 Å². The van der Waals surface area contributed by atoms with Crippen LogP contribution in [0.3, 0.4) is 0 Å². The number of aromatic nitrogens is 4. The predicted octanol–water partition coefficient (Wildman–Crippen LogP) is 2.81. The zero-order valence-electron chi connectivity index (χ0n) is 13.9. The van der Waals surface area contributed by atoms with Gasteiger partial charge < -0.3 is 4.52 Å². The van der Waals surface area contributed by atoms with Gasteiger partial charge in [0.05, 0.1) is 11.4 Å². The van der Waals surface area contributed by atoms with Crippen LogP contribution in [-0.4, -0.2) is 31.9 Å². The molecule has 0 N–H and O–H groups in total. The summed E-state index contributed by atoms with van der Waals surface area (Å²) in [6.45, 7) is 7.72. The van der Waals surface area contributed by atoms with E-state index in [1.165, 1.54) is 16.7 Å². The number of rotatable bonds is 5. The maximum atomic E-state index is 5.23. The van der Waals surface area contributed by atoms with Crippen molar-refractivity contribution in [2.24, 2.45) is 0 Å². The van der Waals surface area contributed by atoms with Crippen LogP contribution in [0.1, 0.15) is 28.1 Å². The third-order valence-corrected chi connectivity index (χ3v) is 3.99. The molecule has 23 heavy (non-hydrogen) atoms. The van der Waals surface area contributed by atoms with Gasteiger partial charge in [-0.2, -0.15) is 5.10 Å². The normalized spacial score (nSPS) is 11.3. The molecule has 3 aromatic rings. The molecule has 0 amide bonds. The predicted molar refractivity (Wildman–Crippen MR) is 87.2 cm³/mol. The van der Waals surface area contributed by atoms with Crippen molar-refractivity contribution in [2.45, 2.75) is 33.9 Å². The molecule has 0 fully saturated rings. The van der Waals surface area contributed by atoms with Gasteiger partial charge in [0.15, 0.2) is 0 Å². The summed E-state index contributed by atoms with van der Waals surface area (Å²) in [4.78, 5) is 6.26. The first-order chi connectivity index (χ1) is 11.0. The average Bonchev–Trinajstić information content (AvgIpc) is 3.13. The highest BCUT2D eigenvalue weighted by molar-refractivity contribution is 5.41. The van der Waals surface area contributed by atoms with E-state index in [1.807, 2.05) is 13.8 Å². The van der Waals surface area contributed by atoms with Crippen LogP contribution in [0.15, 0.2) is 35.4 Å². The minimum atomic E-state index is 0.824. The van der Waals surface area contributed by atoms with Crippen molar-refractivity contribution in [3.05, 3.63) is 59.0 Å². The van der Waals surface area contributed by atoms with Crippen LogP contribution in [0.25, 0.3) is 5.69 Å². The third-order valence-electron chi connectivity index (χ3n) is 3.99. The van der Waals surface area contributed by atoms with Crippen LogP contribution in [0.4, 0.5) is 0 Å². The number of nitrogens with zero attached hydrogens (tertiary/aromatic N) is 5.